The van der Waals surface area contributed by atoms with E-state index in [-0.39, 0.29) is 29.9 Å². The van der Waals surface area contributed by atoms with Crippen molar-refractivity contribution in [2.75, 3.05) is 66.1 Å². The Kier molecular flexibility index (Phi) is 15.1. The Morgan fingerprint density at radius 3 is 2.31 bits per heavy atom. The minimum Gasteiger partial charge on any atom is -0.383 e. The van der Waals surface area contributed by atoms with Gasteiger partial charge < -0.3 is 20.3 Å². The molecule has 7 nitrogen and oxygen atoms in total. The van der Waals surface area contributed by atoms with Crippen molar-refractivity contribution in [3.05, 3.63) is 0 Å². The summed E-state index contributed by atoms with van der Waals surface area (Å²) in [5.74, 6) is 1.74. The first-order valence-corrected chi connectivity index (χ1v) is 9.65. The molecule has 1 fully saturated rings. The molecule has 0 radical (unpaired) electrons. The largest absolute Gasteiger partial charge is 0.383 e. The highest BCUT2D eigenvalue weighted by molar-refractivity contribution is 14.0. The monoisotopic (exact) mass is 483 g/mol. The number of rotatable bonds is 10. The van der Waals surface area contributed by atoms with E-state index in [1.165, 1.54) is 12.8 Å². The summed E-state index contributed by atoms with van der Waals surface area (Å²) in [6.07, 6.45) is 2.34. The van der Waals surface area contributed by atoms with Gasteiger partial charge in [0.15, 0.2) is 5.96 Å². The summed E-state index contributed by atoms with van der Waals surface area (Å²) in [5, 5.41) is 6.29. The fraction of sp³-hybridized carbons (Fsp3) is 0.889. The van der Waals surface area contributed by atoms with Crippen LogP contribution >= 0.6 is 24.0 Å². The number of amides is 1. The third kappa shape index (κ3) is 9.91. The van der Waals surface area contributed by atoms with E-state index in [2.05, 4.69) is 41.2 Å². The minimum absolute atomic E-state index is 0. The molecule has 0 aromatic carbocycles. The lowest BCUT2D eigenvalue weighted by Gasteiger charge is -2.36. The van der Waals surface area contributed by atoms with Crippen LogP contribution in [0.3, 0.4) is 0 Å². The summed E-state index contributed by atoms with van der Waals surface area (Å²) in [4.78, 5) is 21.2. The molecule has 1 aliphatic heterocycles. The lowest BCUT2D eigenvalue weighted by molar-refractivity contribution is -0.122. The van der Waals surface area contributed by atoms with Crippen molar-refractivity contribution < 1.29 is 9.53 Å². The highest BCUT2D eigenvalue weighted by Crippen LogP contribution is 2.09. The van der Waals surface area contributed by atoms with Crippen LogP contribution in [0.15, 0.2) is 4.99 Å². The third-order valence-electron chi connectivity index (χ3n) is 4.66. The van der Waals surface area contributed by atoms with Crippen molar-refractivity contribution in [3.8, 4) is 0 Å². The molecule has 1 amide bonds. The highest BCUT2D eigenvalue weighted by Gasteiger charge is 2.21. The van der Waals surface area contributed by atoms with Crippen LogP contribution in [0, 0.1) is 5.92 Å². The summed E-state index contributed by atoms with van der Waals surface area (Å²) >= 11 is 0. The molecule has 26 heavy (non-hydrogen) atoms. The van der Waals surface area contributed by atoms with Crippen LogP contribution in [0.5, 0.6) is 0 Å². The second-order valence-electron chi connectivity index (χ2n) is 6.48. The average Bonchev–Trinajstić information content (AvgIpc) is 2.62. The summed E-state index contributed by atoms with van der Waals surface area (Å²) in [5.41, 5.74) is 0. The molecule has 1 rings (SSSR count). The molecule has 0 aromatic rings. The van der Waals surface area contributed by atoms with Crippen molar-refractivity contribution in [2.45, 2.75) is 33.6 Å². The Morgan fingerprint density at radius 2 is 1.77 bits per heavy atom. The van der Waals surface area contributed by atoms with Gasteiger partial charge in [-0.1, -0.05) is 26.7 Å². The number of hydrogen-bond donors (Lipinski definition) is 2. The van der Waals surface area contributed by atoms with Crippen molar-refractivity contribution in [3.63, 3.8) is 0 Å². The van der Waals surface area contributed by atoms with E-state index in [9.17, 15) is 4.79 Å². The van der Waals surface area contributed by atoms with Crippen LogP contribution in [-0.4, -0.2) is 87.7 Å². The van der Waals surface area contributed by atoms with Crippen LogP contribution in [0.25, 0.3) is 0 Å². The summed E-state index contributed by atoms with van der Waals surface area (Å²) < 4.78 is 4.95. The zero-order valence-corrected chi connectivity index (χ0v) is 19.3. The van der Waals surface area contributed by atoms with E-state index in [4.69, 9.17) is 9.73 Å². The number of nitrogens with one attached hydrogen (secondary N) is 2. The smallest absolute Gasteiger partial charge is 0.234 e. The normalized spacial score (nSPS) is 15.7. The molecule has 0 bridgehead atoms. The summed E-state index contributed by atoms with van der Waals surface area (Å²) in [6, 6.07) is 0. The molecule has 0 aromatic heterocycles. The number of methoxy groups -OCH3 is 1. The highest BCUT2D eigenvalue weighted by atomic mass is 127. The van der Waals surface area contributed by atoms with Gasteiger partial charge in [0.2, 0.25) is 5.91 Å². The van der Waals surface area contributed by atoms with Gasteiger partial charge in [-0.3, -0.25) is 14.7 Å². The van der Waals surface area contributed by atoms with Gasteiger partial charge in [0.25, 0.3) is 0 Å². The van der Waals surface area contributed by atoms with E-state index >= 15 is 0 Å². The zero-order valence-electron chi connectivity index (χ0n) is 16.9. The number of aliphatic imine (C=N–C) groups is 1. The molecule has 0 saturated carbocycles. The Morgan fingerprint density at radius 1 is 1.12 bits per heavy atom. The number of ether oxygens (including phenoxy) is 1. The Labute approximate surface area is 176 Å². The van der Waals surface area contributed by atoms with Crippen molar-refractivity contribution in [1.29, 1.82) is 0 Å². The number of hydrogen-bond acceptors (Lipinski definition) is 4. The Bertz CT molecular complexity index is 397. The predicted octanol–water partition coefficient (Wildman–Crippen LogP) is 1.39. The van der Waals surface area contributed by atoms with Gasteiger partial charge in [-0.2, -0.15) is 0 Å². The first kappa shape index (κ1) is 25.4. The number of nitrogens with zero attached hydrogens (tertiary/aromatic N) is 3. The van der Waals surface area contributed by atoms with E-state index in [1.54, 1.807) is 7.11 Å². The number of guanidine groups is 1. The predicted molar refractivity (Wildman–Crippen MR) is 118 cm³/mol. The molecule has 1 saturated heterocycles. The van der Waals surface area contributed by atoms with Gasteiger partial charge in [-0.15, -0.1) is 24.0 Å². The molecular weight excluding hydrogens is 445 g/mol. The molecule has 8 heteroatoms. The maximum absolute atomic E-state index is 11.9. The van der Waals surface area contributed by atoms with Gasteiger partial charge in [0, 0.05) is 52.9 Å². The second kappa shape index (κ2) is 15.4. The average molecular weight is 483 g/mol. The van der Waals surface area contributed by atoms with Crippen molar-refractivity contribution in [1.82, 2.24) is 20.4 Å². The van der Waals surface area contributed by atoms with Crippen LogP contribution in [-0.2, 0) is 9.53 Å². The molecule has 1 aliphatic rings. The van der Waals surface area contributed by atoms with Gasteiger partial charge in [0.1, 0.15) is 0 Å². The van der Waals surface area contributed by atoms with Gasteiger partial charge >= 0.3 is 0 Å². The van der Waals surface area contributed by atoms with E-state index < -0.39 is 0 Å². The van der Waals surface area contributed by atoms with Crippen molar-refractivity contribution >= 4 is 35.8 Å². The van der Waals surface area contributed by atoms with E-state index in [0.29, 0.717) is 25.6 Å². The summed E-state index contributed by atoms with van der Waals surface area (Å²) in [7, 11) is 1.64. The standard InChI is InChI=1S/C18H37N5O2.HI/c1-5-16(6-2)14-21-18(19-7-3)23-11-9-22(10-12-23)15-17(24)20-8-13-25-4;/h16H,5-15H2,1-4H3,(H,19,21)(H,20,24);1H. The number of halogens is 1. The maximum Gasteiger partial charge on any atom is 0.234 e. The fourth-order valence-electron chi connectivity index (χ4n) is 2.86. The van der Waals surface area contributed by atoms with Gasteiger partial charge in [-0.25, -0.2) is 0 Å². The third-order valence-corrected chi connectivity index (χ3v) is 4.66. The Balaban J connectivity index is 0.00000625. The molecule has 2 N–H and O–H groups in total. The minimum atomic E-state index is 0. The van der Waals surface area contributed by atoms with Crippen LogP contribution in [0.4, 0.5) is 0 Å². The number of piperazine rings is 1. The summed E-state index contributed by atoms with van der Waals surface area (Å²) in [6.45, 7) is 13.5. The SMILES string of the molecule is CCNC(=NCC(CC)CC)N1CCN(CC(=O)NCCOC)CC1.I. The second-order valence-corrected chi connectivity index (χ2v) is 6.48. The molecular formula is C18H38IN5O2. The van der Waals surface area contributed by atoms with Crippen LogP contribution < -0.4 is 10.6 Å². The zero-order chi connectivity index (χ0) is 18.5. The molecule has 0 unspecified atom stereocenters. The first-order valence-electron chi connectivity index (χ1n) is 9.65. The lowest BCUT2D eigenvalue weighted by Crippen LogP contribution is -2.54. The van der Waals surface area contributed by atoms with Crippen LogP contribution in [0.1, 0.15) is 33.6 Å². The fourth-order valence-corrected chi connectivity index (χ4v) is 2.86. The molecule has 0 atom stereocenters. The van der Waals surface area contributed by atoms with Crippen LogP contribution in [0.2, 0.25) is 0 Å². The lowest BCUT2D eigenvalue weighted by atomic mass is 10.0. The van der Waals surface area contributed by atoms with E-state index in [0.717, 1.165) is 45.2 Å². The van der Waals surface area contributed by atoms with Crippen molar-refractivity contribution in [2.24, 2.45) is 10.9 Å². The molecule has 154 valence electrons. The van der Waals surface area contributed by atoms with Gasteiger partial charge in [0.05, 0.1) is 13.2 Å². The van der Waals surface area contributed by atoms with Gasteiger partial charge in [-0.05, 0) is 12.8 Å². The first-order chi connectivity index (χ1) is 12.1. The molecule has 0 spiro atoms. The van der Waals surface area contributed by atoms with E-state index in [1.807, 2.05) is 0 Å². The topological polar surface area (TPSA) is 69.2 Å². The maximum atomic E-state index is 11.9. The number of carbonyl (C=O) groups excluding carboxylic acids is 1. The quantitative estimate of drug-likeness (QED) is 0.213. The number of carbonyl (C=O) groups is 1. The Hall–Kier alpha value is -0.610. The molecule has 0 aliphatic carbocycles. The molecule has 1 heterocycles.